The molecule has 2 aromatic heterocycles. The van der Waals surface area contributed by atoms with Crippen molar-refractivity contribution in [3.63, 3.8) is 0 Å². The van der Waals surface area contributed by atoms with Gasteiger partial charge in [0, 0.05) is 17.8 Å². The second-order valence-corrected chi connectivity index (χ2v) is 5.01. The van der Waals surface area contributed by atoms with Crippen molar-refractivity contribution in [2.45, 2.75) is 4.90 Å². The van der Waals surface area contributed by atoms with Crippen molar-refractivity contribution in [2.75, 3.05) is 6.54 Å². The number of carboxylic acid groups (broad SMARTS) is 1. The van der Waals surface area contributed by atoms with E-state index in [1.807, 2.05) is 4.72 Å². The molecule has 0 saturated carbocycles. The molecule has 0 atom stereocenters. The molecular weight excluding hydrogens is 246 g/mol. The van der Waals surface area contributed by atoms with E-state index in [-0.39, 0.29) is 4.90 Å². The number of aromatic nitrogens is 2. The Bertz CT molecular complexity index is 662. The summed E-state index contributed by atoms with van der Waals surface area (Å²) in [4.78, 5) is 17.0. The molecule has 3 N–H and O–H groups in total. The van der Waals surface area contributed by atoms with Crippen molar-refractivity contribution in [2.24, 2.45) is 0 Å². The maximum Gasteiger partial charge on any atom is 0.318 e. The highest BCUT2D eigenvalue weighted by atomic mass is 32.2. The number of carboxylic acids is 1. The highest BCUT2D eigenvalue weighted by Crippen LogP contribution is 2.20. The van der Waals surface area contributed by atoms with Gasteiger partial charge >= 0.3 is 5.97 Å². The standard InChI is InChI=1S/C9H9N3O4S/c13-8(14)5-12-17(15,16)7-4-11-9-6(7)2-1-3-10-9/h1-4,12H,5H2,(H,10,11)(H,13,14). The predicted molar refractivity (Wildman–Crippen MR) is 58.9 cm³/mol. The first-order chi connectivity index (χ1) is 8.00. The summed E-state index contributed by atoms with van der Waals surface area (Å²) in [6.07, 6.45) is 2.81. The third-order valence-electron chi connectivity index (χ3n) is 2.12. The van der Waals surface area contributed by atoms with Crippen LogP contribution in [0.4, 0.5) is 0 Å². The Hall–Kier alpha value is -1.93. The molecule has 0 unspecified atom stereocenters. The first-order valence-corrected chi connectivity index (χ1v) is 6.12. The monoisotopic (exact) mass is 255 g/mol. The average Bonchev–Trinajstić information content (AvgIpc) is 2.71. The van der Waals surface area contributed by atoms with Crippen molar-refractivity contribution in [3.05, 3.63) is 24.5 Å². The van der Waals surface area contributed by atoms with E-state index in [1.54, 1.807) is 12.1 Å². The van der Waals surface area contributed by atoms with Crippen LogP contribution in [0.25, 0.3) is 11.0 Å². The Morgan fingerprint density at radius 1 is 1.53 bits per heavy atom. The number of aromatic amines is 1. The number of nitrogens with one attached hydrogen (secondary N) is 2. The lowest BCUT2D eigenvalue weighted by molar-refractivity contribution is -0.135. The van der Waals surface area contributed by atoms with E-state index in [9.17, 15) is 13.2 Å². The summed E-state index contributed by atoms with van der Waals surface area (Å²) in [7, 11) is -3.84. The number of aliphatic carboxylic acids is 1. The Balaban J connectivity index is 2.42. The van der Waals surface area contributed by atoms with Crippen molar-refractivity contribution in [3.8, 4) is 0 Å². The van der Waals surface area contributed by atoms with Crippen LogP contribution in [-0.2, 0) is 14.8 Å². The van der Waals surface area contributed by atoms with Crippen LogP contribution in [0.5, 0.6) is 0 Å². The molecular formula is C9H9N3O4S. The Morgan fingerprint density at radius 3 is 3.00 bits per heavy atom. The SMILES string of the molecule is O=C(O)CNS(=O)(=O)c1c[nH]c2ncccc12. The van der Waals surface area contributed by atoms with E-state index >= 15 is 0 Å². The molecule has 90 valence electrons. The second kappa shape index (κ2) is 4.15. The molecule has 0 radical (unpaired) electrons. The van der Waals surface area contributed by atoms with Crippen LogP contribution in [0.15, 0.2) is 29.4 Å². The van der Waals surface area contributed by atoms with E-state index in [2.05, 4.69) is 9.97 Å². The van der Waals surface area contributed by atoms with Crippen LogP contribution in [-0.4, -0.2) is 36.0 Å². The average molecular weight is 255 g/mol. The molecule has 0 amide bonds. The lowest BCUT2D eigenvalue weighted by atomic mass is 10.3. The highest BCUT2D eigenvalue weighted by Gasteiger charge is 2.19. The summed E-state index contributed by atoms with van der Waals surface area (Å²) in [5, 5.41) is 8.86. The molecule has 0 aliphatic rings. The first kappa shape index (κ1) is 11.6. The third kappa shape index (κ3) is 2.27. The molecule has 7 nitrogen and oxygen atoms in total. The lowest BCUT2D eigenvalue weighted by Gasteiger charge is -2.02. The number of nitrogens with zero attached hydrogens (tertiary/aromatic N) is 1. The molecule has 17 heavy (non-hydrogen) atoms. The van der Waals surface area contributed by atoms with E-state index in [4.69, 9.17) is 5.11 Å². The summed E-state index contributed by atoms with van der Waals surface area (Å²) < 4.78 is 25.6. The zero-order valence-corrected chi connectivity index (χ0v) is 9.36. The van der Waals surface area contributed by atoms with Crippen molar-refractivity contribution < 1.29 is 18.3 Å². The number of hydrogen-bond donors (Lipinski definition) is 3. The van der Waals surface area contributed by atoms with E-state index in [0.717, 1.165) is 0 Å². The molecule has 8 heteroatoms. The smallest absolute Gasteiger partial charge is 0.318 e. The van der Waals surface area contributed by atoms with Gasteiger partial charge < -0.3 is 10.1 Å². The molecule has 2 heterocycles. The first-order valence-electron chi connectivity index (χ1n) is 4.64. The topological polar surface area (TPSA) is 112 Å². The van der Waals surface area contributed by atoms with Crippen LogP contribution >= 0.6 is 0 Å². The second-order valence-electron chi connectivity index (χ2n) is 3.27. The number of H-pyrrole nitrogens is 1. The van der Waals surface area contributed by atoms with Gasteiger partial charge in [-0.1, -0.05) is 0 Å². The van der Waals surface area contributed by atoms with Crippen LogP contribution in [0, 0.1) is 0 Å². The summed E-state index contributed by atoms with van der Waals surface area (Å²) in [5.41, 5.74) is 0.434. The maximum absolute atomic E-state index is 11.8. The van der Waals surface area contributed by atoms with Gasteiger partial charge in [-0.2, -0.15) is 4.72 Å². The number of rotatable bonds is 4. The van der Waals surface area contributed by atoms with Gasteiger partial charge in [-0.25, -0.2) is 13.4 Å². The Morgan fingerprint density at radius 2 is 2.29 bits per heavy atom. The fourth-order valence-corrected chi connectivity index (χ4v) is 2.52. The van der Waals surface area contributed by atoms with Gasteiger partial charge in [-0.15, -0.1) is 0 Å². The fraction of sp³-hybridized carbons (Fsp3) is 0.111. The fourth-order valence-electron chi connectivity index (χ4n) is 1.39. The maximum atomic E-state index is 11.8. The normalized spacial score (nSPS) is 11.8. The van der Waals surface area contributed by atoms with Gasteiger partial charge in [0.2, 0.25) is 10.0 Å². The molecule has 0 bridgehead atoms. The van der Waals surface area contributed by atoms with Crippen molar-refractivity contribution >= 4 is 27.0 Å². The highest BCUT2D eigenvalue weighted by molar-refractivity contribution is 7.89. The van der Waals surface area contributed by atoms with Crippen LogP contribution in [0.3, 0.4) is 0 Å². The minimum absolute atomic E-state index is 0.0122. The largest absolute Gasteiger partial charge is 0.480 e. The summed E-state index contributed by atoms with van der Waals surface area (Å²) >= 11 is 0. The summed E-state index contributed by atoms with van der Waals surface area (Å²) in [6.45, 7) is -0.657. The van der Waals surface area contributed by atoms with E-state index in [0.29, 0.717) is 11.0 Å². The van der Waals surface area contributed by atoms with Crippen LogP contribution in [0.1, 0.15) is 0 Å². The summed E-state index contributed by atoms with van der Waals surface area (Å²) in [5.74, 6) is -1.24. The minimum atomic E-state index is -3.84. The zero-order chi connectivity index (χ0) is 12.5. The van der Waals surface area contributed by atoms with Gasteiger partial charge in [0.05, 0.1) is 0 Å². The van der Waals surface area contributed by atoms with E-state index < -0.39 is 22.5 Å². The molecule has 2 aromatic rings. The van der Waals surface area contributed by atoms with Crippen LogP contribution in [0.2, 0.25) is 0 Å². The molecule has 2 rings (SSSR count). The number of carbonyl (C=O) groups is 1. The Labute approximate surface area is 96.5 Å². The van der Waals surface area contributed by atoms with Crippen molar-refractivity contribution in [1.29, 1.82) is 0 Å². The zero-order valence-electron chi connectivity index (χ0n) is 8.54. The van der Waals surface area contributed by atoms with Gasteiger partial charge in [0.25, 0.3) is 0 Å². The number of pyridine rings is 1. The van der Waals surface area contributed by atoms with Crippen LogP contribution < -0.4 is 4.72 Å². The molecule has 0 spiro atoms. The Kier molecular flexibility index (Phi) is 2.82. The van der Waals surface area contributed by atoms with Crippen molar-refractivity contribution in [1.82, 2.24) is 14.7 Å². The number of fused-ring (bicyclic) bond motifs is 1. The number of sulfonamides is 1. The van der Waals surface area contributed by atoms with Gasteiger partial charge in [0.15, 0.2) is 0 Å². The van der Waals surface area contributed by atoms with Gasteiger partial charge in [-0.05, 0) is 12.1 Å². The van der Waals surface area contributed by atoms with Gasteiger partial charge in [-0.3, -0.25) is 4.79 Å². The van der Waals surface area contributed by atoms with E-state index in [1.165, 1.54) is 12.4 Å². The molecule has 0 fully saturated rings. The lowest BCUT2D eigenvalue weighted by Crippen LogP contribution is -2.29. The molecule has 0 saturated heterocycles. The third-order valence-corrected chi connectivity index (χ3v) is 3.56. The molecule has 0 aromatic carbocycles. The molecule has 0 aliphatic heterocycles. The predicted octanol–water partition coefficient (Wildman–Crippen LogP) is -0.0742. The quantitative estimate of drug-likeness (QED) is 0.707. The molecule has 0 aliphatic carbocycles. The summed E-state index contributed by atoms with van der Waals surface area (Å²) in [6, 6.07) is 3.19. The van der Waals surface area contributed by atoms with Gasteiger partial charge in [0.1, 0.15) is 17.1 Å². The minimum Gasteiger partial charge on any atom is -0.480 e. The number of hydrogen-bond acceptors (Lipinski definition) is 4.